The molecule has 106 valence electrons. The molecule has 0 fully saturated rings. The lowest BCUT2D eigenvalue weighted by Gasteiger charge is -2.04. The van der Waals surface area contributed by atoms with Gasteiger partial charge in [0, 0.05) is 11.3 Å². The second-order valence-electron chi connectivity index (χ2n) is 4.10. The van der Waals surface area contributed by atoms with Crippen LogP contribution < -0.4 is 10.6 Å². The number of rotatable bonds is 2. The van der Waals surface area contributed by atoms with E-state index in [-0.39, 0.29) is 12.4 Å². The highest BCUT2D eigenvalue weighted by atomic mass is 35.5. The minimum atomic E-state index is -0.407. The molecule has 3 nitrogen and oxygen atoms in total. The van der Waals surface area contributed by atoms with Crippen molar-refractivity contribution in [1.82, 2.24) is 5.32 Å². The zero-order valence-corrected chi connectivity index (χ0v) is 11.7. The Balaban J connectivity index is 1.83. The highest BCUT2D eigenvalue weighted by molar-refractivity contribution is 6.31. The lowest BCUT2D eigenvalue weighted by Crippen LogP contribution is -2.28. The van der Waals surface area contributed by atoms with Crippen molar-refractivity contribution in [2.45, 2.75) is 0 Å². The van der Waals surface area contributed by atoms with E-state index in [1.54, 1.807) is 12.1 Å². The summed E-state index contributed by atoms with van der Waals surface area (Å²) in [5.74, 6) is 5.31. The number of nitrogens with one attached hydrogen (secondary N) is 2. The van der Waals surface area contributed by atoms with Gasteiger partial charge in [-0.2, -0.15) is 0 Å². The molecule has 0 atom stereocenters. The van der Waals surface area contributed by atoms with Gasteiger partial charge in [-0.25, -0.2) is 9.18 Å². The van der Waals surface area contributed by atoms with Gasteiger partial charge in [0.1, 0.15) is 5.82 Å². The first kappa shape index (κ1) is 14.9. The largest absolute Gasteiger partial charge is 0.327 e. The molecule has 0 aromatic heterocycles. The van der Waals surface area contributed by atoms with Gasteiger partial charge in [0.2, 0.25) is 0 Å². The first-order chi connectivity index (χ1) is 10.1. The molecule has 21 heavy (non-hydrogen) atoms. The molecule has 0 unspecified atom stereocenters. The van der Waals surface area contributed by atoms with Gasteiger partial charge in [0.05, 0.1) is 11.6 Å². The summed E-state index contributed by atoms with van der Waals surface area (Å²) in [7, 11) is 0. The highest BCUT2D eigenvalue weighted by Gasteiger charge is 1.99. The maximum Gasteiger partial charge on any atom is 0.319 e. The fourth-order valence-corrected chi connectivity index (χ4v) is 1.72. The van der Waals surface area contributed by atoms with Gasteiger partial charge in [-0.05, 0) is 36.4 Å². The predicted molar refractivity (Wildman–Crippen MR) is 81.8 cm³/mol. The van der Waals surface area contributed by atoms with Crippen LogP contribution >= 0.6 is 11.6 Å². The third kappa shape index (κ3) is 4.83. The van der Waals surface area contributed by atoms with Gasteiger partial charge in [0.15, 0.2) is 0 Å². The average molecular weight is 303 g/mol. The van der Waals surface area contributed by atoms with Crippen LogP contribution in [-0.2, 0) is 0 Å². The minimum absolute atomic E-state index is 0.179. The van der Waals surface area contributed by atoms with Crippen LogP contribution in [-0.4, -0.2) is 12.6 Å². The summed E-state index contributed by atoms with van der Waals surface area (Å²) in [6, 6.07) is 12.3. The fraction of sp³-hybridized carbons (Fsp3) is 0.0625. The summed E-state index contributed by atoms with van der Waals surface area (Å²) >= 11 is 5.95. The van der Waals surface area contributed by atoms with Crippen LogP contribution in [0.1, 0.15) is 5.56 Å². The quantitative estimate of drug-likeness (QED) is 0.817. The summed E-state index contributed by atoms with van der Waals surface area (Å²) in [6.07, 6.45) is 0. The van der Waals surface area contributed by atoms with Crippen LogP contribution in [0, 0.1) is 17.7 Å². The number of carbonyl (C=O) groups is 1. The molecule has 0 spiro atoms. The Bertz CT molecular complexity index is 689. The summed E-state index contributed by atoms with van der Waals surface area (Å²) < 4.78 is 12.7. The van der Waals surface area contributed by atoms with Gasteiger partial charge in [0.25, 0.3) is 0 Å². The zero-order chi connectivity index (χ0) is 15.1. The normalized spacial score (nSPS) is 9.43. The number of carbonyl (C=O) groups excluding carboxylic acids is 1. The van der Waals surface area contributed by atoms with Gasteiger partial charge < -0.3 is 10.6 Å². The Morgan fingerprint density at radius 2 is 1.86 bits per heavy atom. The topological polar surface area (TPSA) is 41.1 Å². The Morgan fingerprint density at radius 1 is 1.14 bits per heavy atom. The number of hydrogen-bond donors (Lipinski definition) is 2. The van der Waals surface area contributed by atoms with E-state index in [1.807, 2.05) is 12.1 Å². The maximum atomic E-state index is 12.7. The molecular weight excluding hydrogens is 291 g/mol. The van der Waals surface area contributed by atoms with Crippen LogP contribution in [0.25, 0.3) is 0 Å². The Kier molecular flexibility index (Phi) is 5.19. The Hall–Kier alpha value is -2.51. The van der Waals surface area contributed by atoms with Crippen molar-refractivity contribution < 1.29 is 9.18 Å². The van der Waals surface area contributed by atoms with Crippen molar-refractivity contribution in [2.75, 3.05) is 11.9 Å². The summed E-state index contributed by atoms with van der Waals surface area (Å²) in [6.45, 7) is 0.179. The minimum Gasteiger partial charge on any atom is -0.327 e. The number of anilines is 1. The number of benzene rings is 2. The standard InChI is InChI=1S/C16H12ClFN2O/c17-15-6-2-1-4-12(15)5-3-11-19-16(21)20-14-9-7-13(18)8-10-14/h1-2,4,6-10H,11H2,(H2,19,20,21). The van der Waals surface area contributed by atoms with E-state index >= 15 is 0 Å². The molecule has 2 rings (SSSR count). The molecular formula is C16H12ClFN2O. The Morgan fingerprint density at radius 3 is 2.57 bits per heavy atom. The van der Waals surface area contributed by atoms with Crippen LogP contribution in [0.5, 0.6) is 0 Å². The van der Waals surface area contributed by atoms with E-state index in [1.165, 1.54) is 24.3 Å². The molecule has 2 aromatic rings. The number of amides is 2. The van der Waals surface area contributed by atoms with Crippen molar-refractivity contribution >= 4 is 23.3 Å². The van der Waals surface area contributed by atoms with Crippen LogP contribution in [0.4, 0.5) is 14.9 Å². The zero-order valence-electron chi connectivity index (χ0n) is 11.0. The lowest BCUT2D eigenvalue weighted by molar-refractivity contribution is 0.253. The summed E-state index contributed by atoms with van der Waals surface area (Å²) in [5.41, 5.74) is 1.22. The van der Waals surface area contributed by atoms with Crippen molar-refractivity contribution in [3.63, 3.8) is 0 Å². The molecule has 0 bridgehead atoms. The van der Waals surface area contributed by atoms with Crippen LogP contribution in [0.3, 0.4) is 0 Å². The SMILES string of the molecule is O=C(NCC#Cc1ccccc1Cl)Nc1ccc(F)cc1. The van der Waals surface area contributed by atoms with E-state index in [0.717, 1.165) is 0 Å². The summed E-state index contributed by atoms with van der Waals surface area (Å²) in [4.78, 5) is 11.6. The van der Waals surface area contributed by atoms with E-state index in [2.05, 4.69) is 22.5 Å². The number of urea groups is 1. The molecule has 2 N–H and O–H groups in total. The molecule has 2 aromatic carbocycles. The first-order valence-corrected chi connectivity index (χ1v) is 6.57. The Labute approximate surface area is 127 Å². The van der Waals surface area contributed by atoms with Gasteiger partial charge in [-0.1, -0.05) is 35.6 Å². The van der Waals surface area contributed by atoms with E-state index in [4.69, 9.17) is 11.6 Å². The maximum absolute atomic E-state index is 12.7. The monoisotopic (exact) mass is 302 g/mol. The van der Waals surface area contributed by atoms with Gasteiger partial charge >= 0.3 is 6.03 Å². The first-order valence-electron chi connectivity index (χ1n) is 6.19. The fourth-order valence-electron chi connectivity index (χ4n) is 1.53. The summed E-state index contributed by atoms with van der Waals surface area (Å²) in [5, 5.41) is 5.71. The molecule has 0 saturated carbocycles. The molecule has 5 heteroatoms. The molecule has 0 aliphatic rings. The van der Waals surface area contributed by atoms with Gasteiger partial charge in [-0.3, -0.25) is 0 Å². The van der Waals surface area contributed by atoms with E-state index in [0.29, 0.717) is 16.3 Å². The number of hydrogen-bond acceptors (Lipinski definition) is 1. The third-order valence-corrected chi connectivity index (χ3v) is 2.87. The third-order valence-electron chi connectivity index (χ3n) is 2.54. The van der Waals surface area contributed by atoms with Crippen LogP contribution in [0.15, 0.2) is 48.5 Å². The molecule has 0 radical (unpaired) electrons. The number of halogens is 2. The van der Waals surface area contributed by atoms with Crippen LogP contribution in [0.2, 0.25) is 5.02 Å². The second-order valence-corrected chi connectivity index (χ2v) is 4.50. The van der Waals surface area contributed by atoms with Crippen molar-refractivity contribution in [3.05, 3.63) is 64.9 Å². The predicted octanol–water partition coefficient (Wildman–Crippen LogP) is 3.65. The van der Waals surface area contributed by atoms with Crippen molar-refractivity contribution in [2.24, 2.45) is 0 Å². The molecule has 0 aliphatic heterocycles. The lowest BCUT2D eigenvalue weighted by atomic mass is 10.2. The molecule has 0 aliphatic carbocycles. The van der Waals surface area contributed by atoms with E-state index in [9.17, 15) is 9.18 Å². The molecule has 0 heterocycles. The molecule has 2 amide bonds. The van der Waals surface area contributed by atoms with Gasteiger partial charge in [-0.15, -0.1) is 0 Å². The highest BCUT2D eigenvalue weighted by Crippen LogP contribution is 2.12. The van der Waals surface area contributed by atoms with Crippen molar-refractivity contribution in [3.8, 4) is 11.8 Å². The van der Waals surface area contributed by atoms with E-state index < -0.39 is 6.03 Å². The smallest absolute Gasteiger partial charge is 0.319 e. The average Bonchev–Trinajstić information content (AvgIpc) is 2.48. The second kappa shape index (κ2) is 7.32. The van der Waals surface area contributed by atoms with Crippen molar-refractivity contribution in [1.29, 1.82) is 0 Å². The molecule has 0 saturated heterocycles.